The molecule has 1 aromatic heterocycles. The predicted molar refractivity (Wildman–Crippen MR) is 278 cm³/mol. The van der Waals surface area contributed by atoms with Crippen molar-refractivity contribution in [1.29, 1.82) is 0 Å². The van der Waals surface area contributed by atoms with E-state index < -0.39 is 0 Å². The molecule has 0 amide bonds. The van der Waals surface area contributed by atoms with E-state index in [-0.39, 0.29) is 0 Å². The second-order valence-electron chi connectivity index (χ2n) is 16.7. The van der Waals surface area contributed by atoms with Gasteiger partial charge in [0.05, 0.1) is 11.0 Å². The van der Waals surface area contributed by atoms with Gasteiger partial charge in [-0.05, 0) is 115 Å². The van der Waals surface area contributed by atoms with Gasteiger partial charge in [0.15, 0.2) is 0 Å². The van der Waals surface area contributed by atoms with Crippen molar-refractivity contribution in [2.45, 2.75) is 13.8 Å². The smallest absolute Gasteiger partial charge is 0.146 e. The van der Waals surface area contributed by atoms with Crippen molar-refractivity contribution >= 4 is 65.3 Å². The van der Waals surface area contributed by atoms with Crippen LogP contribution in [-0.2, 0) is 0 Å². The lowest BCUT2D eigenvalue weighted by molar-refractivity contribution is 1.05. The zero-order valence-electron chi connectivity index (χ0n) is 36.5. The van der Waals surface area contributed by atoms with E-state index in [0.717, 1.165) is 72.5 Å². The van der Waals surface area contributed by atoms with Gasteiger partial charge in [-0.2, -0.15) is 0 Å². The summed E-state index contributed by atoms with van der Waals surface area (Å²) in [6.07, 6.45) is 10.9. The minimum Gasteiger partial charge on any atom is -0.292 e. The molecule has 0 fully saturated rings. The number of fused-ring (bicyclic) bond motifs is 5. The number of imidazole rings is 1. The summed E-state index contributed by atoms with van der Waals surface area (Å²) in [4.78, 5) is 6.02. The highest BCUT2D eigenvalue weighted by atomic mass is 15.1. The molecule has 11 rings (SSSR count). The number of para-hydroxylation sites is 1. The van der Waals surface area contributed by atoms with Gasteiger partial charge in [-0.25, -0.2) is 4.98 Å². The van der Waals surface area contributed by atoms with Crippen LogP contribution in [-0.4, -0.2) is 9.55 Å². The number of aromatic nitrogens is 2. The van der Waals surface area contributed by atoms with Crippen LogP contribution < -0.4 is 0 Å². The molecule has 0 spiro atoms. The third kappa shape index (κ3) is 7.26. The highest BCUT2D eigenvalue weighted by Crippen LogP contribution is 2.47. The molecular weight excluding hydrogens is 785 g/mol. The number of hydrogen-bond acceptors (Lipinski definition) is 1. The van der Waals surface area contributed by atoms with Crippen LogP contribution in [0.15, 0.2) is 248 Å². The number of hydrogen-bond donors (Lipinski definition) is 0. The Hall–Kier alpha value is -8.33. The van der Waals surface area contributed by atoms with Crippen LogP contribution in [0.2, 0.25) is 0 Å². The SMILES string of the molecule is C\C=C/C=C\C(\C=C(/C)c1cccc2ccccc12)=C(\c1ccccc1)c1nc2c(-c3ccc4ccccc4c3)c3ccccc3c(-c3ccc4ccccc4c3)c2n1-c1ccccc1. The summed E-state index contributed by atoms with van der Waals surface area (Å²) in [5, 5.41) is 9.59. The van der Waals surface area contributed by atoms with E-state index in [4.69, 9.17) is 4.98 Å². The minimum absolute atomic E-state index is 0.860. The quantitative estimate of drug-likeness (QED) is 0.133. The molecule has 0 aliphatic carbocycles. The molecule has 1 heterocycles. The molecule has 0 aliphatic rings. The second kappa shape index (κ2) is 17.1. The third-order valence-electron chi connectivity index (χ3n) is 12.6. The lowest BCUT2D eigenvalue weighted by atomic mass is 9.89. The topological polar surface area (TPSA) is 17.8 Å². The molecule has 2 nitrogen and oxygen atoms in total. The molecule has 2 heteroatoms. The van der Waals surface area contributed by atoms with Gasteiger partial charge in [-0.1, -0.05) is 218 Å². The summed E-state index contributed by atoms with van der Waals surface area (Å²) < 4.78 is 2.43. The van der Waals surface area contributed by atoms with Crippen molar-refractivity contribution in [2.24, 2.45) is 0 Å². The van der Waals surface area contributed by atoms with E-state index in [0.29, 0.717) is 0 Å². The number of rotatable bonds is 9. The van der Waals surface area contributed by atoms with E-state index in [1.54, 1.807) is 0 Å². The minimum atomic E-state index is 0.860. The number of nitrogens with zero attached hydrogens (tertiary/aromatic N) is 2. The fourth-order valence-corrected chi connectivity index (χ4v) is 9.65. The molecule has 11 aromatic rings. The van der Waals surface area contributed by atoms with Gasteiger partial charge in [0, 0.05) is 22.4 Å². The Balaban J connectivity index is 1.34. The molecule has 0 saturated heterocycles. The summed E-state index contributed by atoms with van der Waals surface area (Å²) >= 11 is 0. The first-order valence-electron chi connectivity index (χ1n) is 22.4. The Morgan fingerprint density at radius 3 is 1.68 bits per heavy atom. The maximum atomic E-state index is 6.02. The van der Waals surface area contributed by atoms with Crippen LogP contribution >= 0.6 is 0 Å². The molecule has 0 radical (unpaired) electrons. The van der Waals surface area contributed by atoms with Gasteiger partial charge < -0.3 is 0 Å². The van der Waals surface area contributed by atoms with Crippen molar-refractivity contribution in [3.05, 3.63) is 265 Å². The molecule has 308 valence electrons. The summed E-state index contributed by atoms with van der Waals surface area (Å²) in [5.41, 5.74) is 13.1. The molecular formula is C63H46N2. The van der Waals surface area contributed by atoms with E-state index in [2.05, 4.69) is 261 Å². The molecule has 0 aliphatic heterocycles. The number of allylic oxidation sites excluding steroid dienone is 7. The second-order valence-corrected chi connectivity index (χ2v) is 16.7. The first-order chi connectivity index (χ1) is 32.1. The fourth-order valence-electron chi connectivity index (χ4n) is 9.65. The van der Waals surface area contributed by atoms with E-state index >= 15 is 0 Å². The van der Waals surface area contributed by atoms with Crippen LogP contribution in [0.25, 0.3) is 93.2 Å². The van der Waals surface area contributed by atoms with Crippen LogP contribution in [0.5, 0.6) is 0 Å². The van der Waals surface area contributed by atoms with E-state index in [1.165, 1.54) is 43.3 Å². The molecule has 0 bridgehead atoms. The Bertz CT molecular complexity index is 3710. The Kier molecular flexibility index (Phi) is 10.4. The van der Waals surface area contributed by atoms with Crippen molar-refractivity contribution < 1.29 is 0 Å². The van der Waals surface area contributed by atoms with Crippen molar-refractivity contribution in [1.82, 2.24) is 9.55 Å². The Labute approximate surface area is 380 Å². The largest absolute Gasteiger partial charge is 0.292 e. The van der Waals surface area contributed by atoms with Crippen molar-refractivity contribution in [2.75, 3.05) is 0 Å². The Morgan fingerprint density at radius 2 is 1.02 bits per heavy atom. The average Bonchev–Trinajstić information content (AvgIpc) is 3.74. The molecule has 10 aromatic carbocycles. The highest BCUT2D eigenvalue weighted by Gasteiger charge is 2.27. The first kappa shape index (κ1) is 39.5. The highest BCUT2D eigenvalue weighted by molar-refractivity contribution is 6.21. The maximum Gasteiger partial charge on any atom is 0.146 e. The average molecular weight is 831 g/mol. The molecule has 65 heavy (non-hydrogen) atoms. The molecule has 0 atom stereocenters. The molecule has 0 saturated carbocycles. The summed E-state index contributed by atoms with van der Waals surface area (Å²) in [5.74, 6) is 0.860. The Morgan fingerprint density at radius 1 is 0.477 bits per heavy atom. The van der Waals surface area contributed by atoms with Gasteiger partial charge >= 0.3 is 0 Å². The number of benzene rings is 10. The van der Waals surface area contributed by atoms with Gasteiger partial charge in [0.1, 0.15) is 5.82 Å². The van der Waals surface area contributed by atoms with Crippen molar-refractivity contribution in [3.8, 4) is 27.9 Å². The molecule has 0 unspecified atom stereocenters. The zero-order valence-corrected chi connectivity index (χ0v) is 36.5. The van der Waals surface area contributed by atoms with Crippen LogP contribution in [0.4, 0.5) is 0 Å². The summed E-state index contributed by atoms with van der Waals surface area (Å²) in [7, 11) is 0. The predicted octanol–water partition coefficient (Wildman–Crippen LogP) is 17.0. The lowest BCUT2D eigenvalue weighted by Crippen LogP contribution is -2.05. The van der Waals surface area contributed by atoms with E-state index in [9.17, 15) is 0 Å². The standard InChI is InChI=1S/C63H46N2/c1-3-4-7-28-50(40-43(2)54-35-20-29-46-23-16-17-32-55(46)54)58(47-24-8-5-9-25-47)63-64-61-59(51-38-36-44-21-12-14-26-48(44)41-51)56-33-18-19-34-57(56)60(62(61)65(63)53-30-10-6-11-31-53)52-39-37-45-22-13-15-27-49(45)42-52/h3-42H,1-2H3/b4-3-,28-7-,43-40+,58-50+. The van der Waals surface area contributed by atoms with Gasteiger partial charge in [0.25, 0.3) is 0 Å². The monoisotopic (exact) mass is 830 g/mol. The van der Waals surface area contributed by atoms with Crippen LogP contribution in [0, 0.1) is 0 Å². The van der Waals surface area contributed by atoms with Gasteiger partial charge in [-0.15, -0.1) is 0 Å². The first-order valence-corrected chi connectivity index (χ1v) is 22.4. The fraction of sp³-hybridized carbons (Fsp3) is 0.0317. The van der Waals surface area contributed by atoms with E-state index in [1.807, 2.05) is 0 Å². The zero-order chi connectivity index (χ0) is 43.7. The van der Waals surface area contributed by atoms with Gasteiger partial charge in [0.2, 0.25) is 0 Å². The summed E-state index contributed by atoms with van der Waals surface area (Å²) in [6.45, 7) is 4.29. The summed E-state index contributed by atoms with van der Waals surface area (Å²) in [6, 6.07) is 76.8. The van der Waals surface area contributed by atoms with Crippen molar-refractivity contribution in [3.63, 3.8) is 0 Å². The van der Waals surface area contributed by atoms with Crippen LogP contribution in [0.3, 0.4) is 0 Å². The van der Waals surface area contributed by atoms with Gasteiger partial charge in [-0.3, -0.25) is 4.57 Å². The van der Waals surface area contributed by atoms with Crippen LogP contribution in [0.1, 0.15) is 30.8 Å². The normalized spacial score (nSPS) is 12.7. The lowest BCUT2D eigenvalue weighted by Gasteiger charge is -2.19. The maximum absolute atomic E-state index is 6.02. The molecule has 0 N–H and O–H groups in total. The third-order valence-corrected chi connectivity index (χ3v) is 12.6.